The molecule has 10 heteroatoms. The van der Waals surface area contributed by atoms with Crippen LogP contribution in [0.5, 0.6) is 0 Å². The first-order valence-electron chi connectivity index (χ1n) is 11.0. The van der Waals surface area contributed by atoms with Crippen molar-refractivity contribution in [2.24, 2.45) is 0 Å². The Labute approximate surface area is 192 Å². The second-order valence-corrected chi connectivity index (χ2v) is 10.5. The molecule has 1 saturated heterocycles. The Balaban J connectivity index is 1.54. The molecule has 0 unspecified atom stereocenters. The summed E-state index contributed by atoms with van der Waals surface area (Å²) in [7, 11) is -4.34. The van der Waals surface area contributed by atoms with Crippen molar-refractivity contribution in [1.29, 1.82) is 0 Å². The molecule has 174 valence electrons. The fraction of sp³-hybridized carbons (Fsp3) is 0.500. The van der Waals surface area contributed by atoms with Gasteiger partial charge in [0.25, 0.3) is 10.0 Å². The molecular weight excluding hydrogens is 458 g/mol. The molecule has 2 fully saturated rings. The van der Waals surface area contributed by atoms with Crippen LogP contribution < -0.4 is 10.0 Å². The van der Waals surface area contributed by atoms with Crippen molar-refractivity contribution in [2.75, 3.05) is 23.1 Å². The lowest BCUT2D eigenvalue weighted by Crippen LogP contribution is -2.50. The molecule has 0 amide bonds. The minimum absolute atomic E-state index is 0.113. The van der Waals surface area contributed by atoms with E-state index in [9.17, 15) is 17.2 Å². The summed E-state index contributed by atoms with van der Waals surface area (Å²) in [6, 6.07) is 6.34. The van der Waals surface area contributed by atoms with Crippen LogP contribution in [0.4, 0.5) is 20.3 Å². The van der Waals surface area contributed by atoms with Crippen molar-refractivity contribution in [3.05, 3.63) is 47.1 Å². The summed E-state index contributed by atoms with van der Waals surface area (Å²) in [5, 5.41) is 3.50. The first-order chi connectivity index (χ1) is 15.3. The van der Waals surface area contributed by atoms with E-state index in [4.69, 9.17) is 11.6 Å². The largest absolute Gasteiger partial charge is 0.379 e. The number of pyridine rings is 1. The quantitative estimate of drug-likeness (QED) is 0.563. The van der Waals surface area contributed by atoms with Gasteiger partial charge >= 0.3 is 0 Å². The summed E-state index contributed by atoms with van der Waals surface area (Å²) in [5.74, 6) is -2.03. The molecule has 32 heavy (non-hydrogen) atoms. The number of piperidine rings is 1. The Kier molecular flexibility index (Phi) is 7.17. The average Bonchev–Trinajstić information content (AvgIpc) is 2.76. The lowest BCUT2D eigenvalue weighted by atomic mass is 9.88. The predicted octanol–water partition coefficient (Wildman–Crippen LogP) is 5.02. The number of sulfonamides is 1. The van der Waals surface area contributed by atoms with Crippen LogP contribution in [-0.4, -0.2) is 43.5 Å². The predicted molar refractivity (Wildman–Crippen MR) is 122 cm³/mol. The molecule has 1 aliphatic carbocycles. The molecule has 2 heterocycles. The standard InChI is InChI=1S/C22H27ClF2N4O2S/c23-15-13-20(32(30,31)28-22-10-6-9-21(25)27-22)16(24)14-18(15)26-17-7-2-3-8-19(17)29-11-4-1-5-12-29/h6,9-10,13-14,17,19,26H,1-5,7-8,11-12H2,(H,27,28)/t17-,19-/m1/s1. The lowest BCUT2D eigenvalue weighted by Gasteiger charge is -2.42. The van der Waals surface area contributed by atoms with Gasteiger partial charge in [-0.05, 0) is 63.0 Å². The number of aromatic nitrogens is 1. The fourth-order valence-corrected chi connectivity index (χ4v) is 6.04. The van der Waals surface area contributed by atoms with Gasteiger partial charge in [-0.3, -0.25) is 9.62 Å². The fourth-order valence-electron chi connectivity index (χ4n) is 4.67. The zero-order chi connectivity index (χ0) is 22.7. The summed E-state index contributed by atoms with van der Waals surface area (Å²) in [4.78, 5) is 5.35. The highest BCUT2D eigenvalue weighted by atomic mass is 35.5. The molecule has 0 spiro atoms. The van der Waals surface area contributed by atoms with Crippen LogP contribution in [0, 0.1) is 11.8 Å². The Bertz CT molecular complexity index is 1060. The summed E-state index contributed by atoms with van der Waals surface area (Å²) < 4.78 is 55.6. The molecule has 1 saturated carbocycles. The zero-order valence-electron chi connectivity index (χ0n) is 17.7. The number of nitrogens with one attached hydrogen (secondary N) is 2. The Morgan fingerprint density at radius 3 is 2.53 bits per heavy atom. The number of nitrogens with zero attached hydrogens (tertiary/aromatic N) is 2. The summed E-state index contributed by atoms with van der Waals surface area (Å²) in [6.45, 7) is 2.14. The molecule has 0 bridgehead atoms. The molecule has 2 aromatic rings. The molecule has 2 atom stereocenters. The highest BCUT2D eigenvalue weighted by molar-refractivity contribution is 7.92. The average molecular weight is 485 g/mol. The molecule has 6 nitrogen and oxygen atoms in total. The number of anilines is 2. The van der Waals surface area contributed by atoms with E-state index < -0.39 is 26.7 Å². The van der Waals surface area contributed by atoms with Gasteiger partial charge in [0.15, 0.2) is 0 Å². The number of hydrogen-bond acceptors (Lipinski definition) is 5. The molecule has 2 N–H and O–H groups in total. The smallest absolute Gasteiger partial charge is 0.266 e. The van der Waals surface area contributed by atoms with Gasteiger partial charge in [-0.15, -0.1) is 0 Å². The molecule has 1 aromatic carbocycles. The van der Waals surface area contributed by atoms with Crippen molar-refractivity contribution in [3.63, 3.8) is 0 Å². The van der Waals surface area contributed by atoms with E-state index in [2.05, 4.69) is 19.9 Å². The van der Waals surface area contributed by atoms with Crippen LogP contribution >= 0.6 is 11.6 Å². The third-order valence-electron chi connectivity index (χ3n) is 6.20. The van der Waals surface area contributed by atoms with Crippen LogP contribution in [0.25, 0.3) is 0 Å². The normalized spacial score (nSPS) is 22.5. The molecule has 2 aliphatic rings. The van der Waals surface area contributed by atoms with Gasteiger partial charge in [0, 0.05) is 12.1 Å². The molecule has 1 aliphatic heterocycles. The first-order valence-corrected chi connectivity index (χ1v) is 12.8. The molecule has 1 aromatic heterocycles. The molecule has 0 radical (unpaired) electrons. The Morgan fingerprint density at radius 1 is 1.03 bits per heavy atom. The summed E-state index contributed by atoms with van der Waals surface area (Å²) in [5.41, 5.74) is 0.376. The number of hydrogen-bond donors (Lipinski definition) is 2. The van der Waals surface area contributed by atoms with Gasteiger partial charge in [0.05, 0.1) is 10.7 Å². The molecular formula is C22H27ClF2N4O2S. The van der Waals surface area contributed by atoms with Crippen molar-refractivity contribution in [3.8, 4) is 0 Å². The SMILES string of the molecule is O=S(=O)(Nc1cccc(F)n1)c1cc(Cl)c(N[C@@H]2CCCC[C@H]2N2CCCCC2)cc1F. The highest BCUT2D eigenvalue weighted by Crippen LogP contribution is 2.33. The van der Waals surface area contributed by atoms with Crippen LogP contribution in [0.2, 0.25) is 5.02 Å². The first kappa shape index (κ1) is 23.2. The van der Waals surface area contributed by atoms with E-state index in [-0.39, 0.29) is 16.9 Å². The van der Waals surface area contributed by atoms with E-state index in [0.717, 1.165) is 50.6 Å². The minimum Gasteiger partial charge on any atom is -0.379 e. The second kappa shape index (κ2) is 9.89. The third kappa shape index (κ3) is 5.32. The third-order valence-corrected chi connectivity index (χ3v) is 7.88. The van der Waals surface area contributed by atoms with Gasteiger partial charge in [0.1, 0.15) is 16.5 Å². The van der Waals surface area contributed by atoms with Crippen molar-refractivity contribution < 1.29 is 17.2 Å². The van der Waals surface area contributed by atoms with Crippen molar-refractivity contribution >= 4 is 33.1 Å². The van der Waals surface area contributed by atoms with Crippen LogP contribution in [0.1, 0.15) is 44.9 Å². The monoisotopic (exact) mass is 484 g/mol. The van der Waals surface area contributed by atoms with E-state index >= 15 is 0 Å². The number of benzene rings is 1. The van der Waals surface area contributed by atoms with E-state index in [1.54, 1.807) is 0 Å². The summed E-state index contributed by atoms with van der Waals surface area (Å²) >= 11 is 6.38. The molecule has 4 rings (SSSR count). The number of likely N-dealkylation sites (tertiary alicyclic amines) is 1. The maximum atomic E-state index is 14.9. The van der Waals surface area contributed by atoms with Crippen LogP contribution in [0.15, 0.2) is 35.2 Å². The van der Waals surface area contributed by atoms with E-state index in [1.165, 1.54) is 37.8 Å². The topological polar surface area (TPSA) is 74.3 Å². The lowest BCUT2D eigenvalue weighted by molar-refractivity contribution is 0.121. The number of halogens is 3. The maximum Gasteiger partial charge on any atom is 0.266 e. The van der Waals surface area contributed by atoms with Gasteiger partial charge < -0.3 is 5.32 Å². The van der Waals surface area contributed by atoms with Crippen molar-refractivity contribution in [1.82, 2.24) is 9.88 Å². The second-order valence-electron chi connectivity index (χ2n) is 8.41. The number of rotatable bonds is 6. The summed E-state index contributed by atoms with van der Waals surface area (Å²) in [6.07, 6.45) is 7.92. The van der Waals surface area contributed by atoms with E-state index in [0.29, 0.717) is 11.7 Å². The van der Waals surface area contributed by atoms with Gasteiger partial charge in [-0.2, -0.15) is 4.39 Å². The van der Waals surface area contributed by atoms with Crippen molar-refractivity contribution in [2.45, 2.75) is 61.9 Å². The maximum absolute atomic E-state index is 14.9. The minimum atomic E-state index is -4.34. The van der Waals surface area contributed by atoms with Crippen LogP contribution in [0.3, 0.4) is 0 Å². The van der Waals surface area contributed by atoms with Gasteiger partial charge in [-0.25, -0.2) is 17.8 Å². The Morgan fingerprint density at radius 2 is 1.78 bits per heavy atom. The zero-order valence-corrected chi connectivity index (χ0v) is 19.2. The van der Waals surface area contributed by atoms with Crippen LogP contribution in [-0.2, 0) is 10.0 Å². The van der Waals surface area contributed by atoms with Gasteiger partial charge in [-0.1, -0.05) is 36.9 Å². The van der Waals surface area contributed by atoms with Gasteiger partial charge in [0.2, 0.25) is 5.95 Å². The highest BCUT2D eigenvalue weighted by Gasteiger charge is 2.32. The van der Waals surface area contributed by atoms with E-state index in [1.807, 2.05) is 0 Å². The Hall–Kier alpha value is -1.97.